The molecule has 0 aliphatic rings. The third-order valence-corrected chi connectivity index (χ3v) is 5.74. The Morgan fingerprint density at radius 2 is 1.53 bits per heavy atom. The van der Waals surface area contributed by atoms with Crippen LogP contribution in [0.4, 0.5) is 4.79 Å². The Labute approximate surface area is 214 Å². The largest absolute Gasteiger partial charge is 0.460 e. The standard InChI is InChI=1S/C29H39N3O4/c1-20(2)18-24(26(33)32(31)28(30)35)25(27(34)36-29(3,4)5)23(19-22-14-10-7-11-15-22)17-16-21-12-8-6-9-13-21/h6-17,20,23-25H,18-19,31H2,1-5H3,(H2,30,35)/b17-16+/t23?,24-,25+/m1/s1. The zero-order valence-electron chi connectivity index (χ0n) is 21.9. The predicted molar refractivity (Wildman–Crippen MR) is 142 cm³/mol. The summed E-state index contributed by atoms with van der Waals surface area (Å²) >= 11 is 0. The summed E-state index contributed by atoms with van der Waals surface area (Å²) in [5.41, 5.74) is 6.52. The second kappa shape index (κ2) is 13.0. The molecule has 0 saturated heterocycles. The molecular weight excluding hydrogens is 454 g/mol. The molecule has 0 bridgehead atoms. The van der Waals surface area contributed by atoms with E-state index in [9.17, 15) is 14.4 Å². The molecule has 3 atom stereocenters. The molecule has 7 heteroatoms. The van der Waals surface area contributed by atoms with Gasteiger partial charge in [-0.1, -0.05) is 86.7 Å². The maximum absolute atomic E-state index is 13.7. The lowest BCUT2D eigenvalue weighted by atomic mass is 9.74. The van der Waals surface area contributed by atoms with Crippen molar-refractivity contribution in [2.45, 2.75) is 53.1 Å². The van der Waals surface area contributed by atoms with Gasteiger partial charge < -0.3 is 10.5 Å². The van der Waals surface area contributed by atoms with Crippen LogP contribution in [0.3, 0.4) is 0 Å². The first kappa shape index (κ1) is 28.8. The zero-order chi connectivity index (χ0) is 26.9. The number of hydrogen-bond donors (Lipinski definition) is 2. The third-order valence-electron chi connectivity index (χ3n) is 5.74. The van der Waals surface area contributed by atoms with Gasteiger partial charge in [0.2, 0.25) is 5.91 Å². The number of amides is 3. The van der Waals surface area contributed by atoms with E-state index in [2.05, 4.69) is 0 Å². The van der Waals surface area contributed by atoms with Crippen LogP contribution in [0.15, 0.2) is 66.7 Å². The topological polar surface area (TPSA) is 116 Å². The molecule has 0 fully saturated rings. The van der Waals surface area contributed by atoms with Crippen LogP contribution in [0.25, 0.3) is 6.08 Å². The minimum atomic E-state index is -1.07. The summed E-state index contributed by atoms with van der Waals surface area (Å²) in [7, 11) is 0. The number of esters is 1. The van der Waals surface area contributed by atoms with E-state index in [0.717, 1.165) is 11.1 Å². The fraction of sp³-hybridized carbons (Fsp3) is 0.414. The first-order valence-electron chi connectivity index (χ1n) is 12.3. The molecule has 0 aliphatic heterocycles. The molecule has 194 valence electrons. The van der Waals surface area contributed by atoms with Gasteiger partial charge >= 0.3 is 12.0 Å². The van der Waals surface area contributed by atoms with E-state index >= 15 is 0 Å². The highest BCUT2D eigenvalue weighted by Crippen LogP contribution is 2.34. The molecule has 2 rings (SSSR count). The number of rotatable bonds is 10. The highest BCUT2D eigenvalue weighted by molar-refractivity contribution is 5.96. The summed E-state index contributed by atoms with van der Waals surface area (Å²) in [6.07, 6.45) is 4.70. The van der Waals surface area contributed by atoms with Gasteiger partial charge in [0.15, 0.2) is 0 Å². The number of benzene rings is 2. The maximum Gasteiger partial charge on any atom is 0.336 e. The molecule has 4 N–H and O–H groups in total. The van der Waals surface area contributed by atoms with Gasteiger partial charge in [0.1, 0.15) is 5.60 Å². The number of imide groups is 1. The van der Waals surface area contributed by atoms with Gasteiger partial charge in [-0.3, -0.25) is 9.59 Å². The monoisotopic (exact) mass is 493 g/mol. The van der Waals surface area contributed by atoms with Crippen LogP contribution in [0, 0.1) is 23.7 Å². The highest BCUT2D eigenvalue weighted by atomic mass is 16.6. The van der Waals surface area contributed by atoms with Crippen LogP contribution in [0.1, 0.15) is 52.2 Å². The number of primary amides is 1. The average Bonchev–Trinajstić information content (AvgIpc) is 2.80. The number of nitrogens with two attached hydrogens (primary N) is 2. The molecule has 3 amide bonds. The van der Waals surface area contributed by atoms with Crippen molar-refractivity contribution in [3.8, 4) is 0 Å². The number of nitrogens with zero attached hydrogens (tertiary/aromatic N) is 1. The molecule has 0 radical (unpaired) electrons. The van der Waals surface area contributed by atoms with E-state index < -0.39 is 41.3 Å². The van der Waals surface area contributed by atoms with Crippen LogP contribution in [0.2, 0.25) is 0 Å². The van der Waals surface area contributed by atoms with E-state index in [-0.39, 0.29) is 5.92 Å². The van der Waals surface area contributed by atoms with Crippen LogP contribution in [-0.4, -0.2) is 28.5 Å². The van der Waals surface area contributed by atoms with E-state index in [4.69, 9.17) is 16.3 Å². The first-order valence-corrected chi connectivity index (χ1v) is 12.3. The molecule has 0 saturated carbocycles. The van der Waals surface area contributed by atoms with E-state index in [1.165, 1.54) is 0 Å². The highest BCUT2D eigenvalue weighted by Gasteiger charge is 2.43. The molecule has 0 aliphatic carbocycles. The normalized spacial score (nSPS) is 14.3. The Kier molecular flexibility index (Phi) is 10.4. The van der Waals surface area contributed by atoms with Crippen molar-refractivity contribution in [3.63, 3.8) is 0 Å². The quantitative estimate of drug-likeness (QED) is 0.210. The Morgan fingerprint density at radius 3 is 2.03 bits per heavy atom. The van der Waals surface area contributed by atoms with Crippen molar-refractivity contribution in [2.24, 2.45) is 35.2 Å². The fourth-order valence-corrected chi connectivity index (χ4v) is 4.20. The molecule has 2 aromatic rings. The molecule has 7 nitrogen and oxygen atoms in total. The van der Waals surface area contributed by atoms with Gasteiger partial charge in [-0.2, -0.15) is 5.01 Å². The SMILES string of the molecule is CC(C)C[C@@H](C(=O)N(N)C(N)=O)[C@@H](C(=O)OC(C)(C)C)C(/C=C/c1ccccc1)Cc1ccccc1. The smallest absolute Gasteiger partial charge is 0.336 e. The van der Waals surface area contributed by atoms with Crippen molar-refractivity contribution >= 4 is 24.0 Å². The Balaban J connectivity index is 2.64. The lowest BCUT2D eigenvalue weighted by molar-refractivity contribution is -0.167. The zero-order valence-corrected chi connectivity index (χ0v) is 21.9. The second-order valence-electron chi connectivity index (χ2n) is 10.5. The number of carbonyl (C=O) groups is 3. The number of hydrazine groups is 1. The molecule has 2 aromatic carbocycles. The maximum atomic E-state index is 13.7. The second-order valence-corrected chi connectivity index (χ2v) is 10.5. The minimum absolute atomic E-state index is 0.0423. The third kappa shape index (κ3) is 8.96. The van der Waals surface area contributed by atoms with Crippen LogP contribution in [-0.2, 0) is 20.7 Å². The molecule has 0 spiro atoms. The number of urea groups is 1. The number of carbonyl (C=O) groups excluding carboxylic acids is 3. The lowest BCUT2D eigenvalue weighted by Gasteiger charge is -2.34. The molecule has 36 heavy (non-hydrogen) atoms. The molecule has 0 heterocycles. The van der Waals surface area contributed by atoms with Crippen molar-refractivity contribution in [1.82, 2.24) is 5.01 Å². The van der Waals surface area contributed by atoms with Crippen LogP contribution >= 0.6 is 0 Å². The fourth-order valence-electron chi connectivity index (χ4n) is 4.20. The number of allylic oxidation sites excluding steroid dienone is 1. The summed E-state index contributed by atoms with van der Waals surface area (Å²) in [5, 5.41) is 0.408. The van der Waals surface area contributed by atoms with Crippen LogP contribution in [0.5, 0.6) is 0 Å². The van der Waals surface area contributed by atoms with Gasteiger partial charge in [0.05, 0.1) is 11.8 Å². The number of hydrogen-bond acceptors (Lipinski definition) is 5. The molecule has 0 aromatic heterocycles. The summed E-state index contributed by atoms with van der Waals surface area (Å²) in [6.45, 7) is 9.25. The Hall–Kier alpha value is -3.45. The van der Waals surface area contributed by atoms with Gasteiger partial charge in [-0.05, 0) is 56.6 Å². The van der Waals surface area contributed by atoms with E-state index in [0.29, 0.717) is 17.9 Å². The average molecular weight is 494 g/mol. The van der Waals surface area contributed by atoms with Crippen LogP contribution < -0.4 is 11.6 Å². The molecule has 1 unspecified atom stereocenters. The van der Waals surface area contributed by atoms with Crippen molar-refractivity contribution in [3.05, 3.63) is 77.9 Å². The van der Waals surface area contributed by atoms with Gasteiger partial charge in [-0.15, -0.1) is 0 Å². The van der Waals surface area contributed by atoms with Gasteiger partial charge in [-0.25, -0.2) is 10.6 Å². The summed E-state index contributed by atoms with van der Waals surface area (Å²) in [4.78, 5) is 39.0. The van der Waals surface area contributed by atoms with Gasteiger partial charge in [0.25, 0.3) is 0 Å². The minimum Gasteiger partial charge on any atom is -0.460 e. The van der Waals surface area contributed by atoms with Crippen molar-refractivity contribution in [2.75, 3.05) is 0 Å². The summed E-state index contributed by atoms with van der Waals surface area (Å²) in [6, 6.07) is 18.4. The summed E-state index contributed by atoms with van der Waals surface area (Å²) in [5.74, 6) is 2.36. The molecular formula is C29H39N3O4. The van der Waals surface area contributed by atoms with E-state index in [1.807, 2.05) is 86.7 Å². The van der Waals surface area contributed by atoms with E-state index in [1.54, 1.807) is 20.8 Å². The Morgan fingerprint density at radius 1 is 0.972 bits per heavy atom. The first-order chi connectivity index (χ1) is 16.9. The Bertz CT molecular complexity index is 1030. The summed E-state index contributed by atoms with van der Waals surface area (Å²) < 4.78 is 5.82. The van der Waals surface area contributed by atoms with Crippen molar-refractivity contribution < 1.29 is 19.1 Å². The predicted octanol–water partition coefficient (Wildman–Crippen LogP) is 4.96. The van der Waals surface area contributed by atoms with Crippen molar-refractivity contribution in [1.29, 1.82) is 0 Å². The van der Waals surface area contributed by atoms with Gasteiger partial charge in [0, 0.05) is 0 Å². The lowest BCUT2D eigenvalue weighted by Crippen LogP contribution is -2.52. The number of ether oxygens (including phenoxy) is 1.